The number of hydrogen-bond donors (Lipinski definition) is 10. The summed E-state index contributed by atoms with van der Waals surface area (Å²) < 4.78 is 0. The smallest absolute Gasteiger partial charge is 0.414 e. The van der Waals surface area contributed by atoms with Crippen molar-refractivity contribution in [1.29, 1.82) is 0 Å². The van der Waals surface area contributed by atoms with Crippen molar-refractivity contribution in [2.75, 3.05) is 0 Å². The molecule has 0 fully saturated rings. The largest absolute Gasteiger partial charge is 0.481 e. The molecular formula is C14H18O18. The molecule has 0 bridgehead atoms. The molecule has 10 N–H and O–H groups in total. The summed E-state index contributed by atoms with van der Waals surface area (Å²) in [6.07, 6.45) is -4.58. The minimum Gasteiger partial charge on any atom is -0.481 e. The fourth-order valence-electron chi connectivity index (χ4n) is 1.43. The van der Waals surface area contributed by atoms with Gasteiger partial charge in [0.2, 0.25) is 0 Å². The lowest BCUT2D eigenvalue weighted by Gasteiger charge is -2.18. The first-order chi connectivity index (χ1) is 14.2. The van der Waals surface area contributed by atoms with Gasteiger partial charge in [0.1, 0.15) is 0 Å². The number of carbonyl (C=O) groups is 8. The number of carboxylic acid groups (broad SMARTS) is 8. The van der Waals surface area contributed by atoms with Gasteiger partial charge >= 0.3 is 47.8 Å². The molecule has 0 aromatic rings. The maximum Gasteiger partial charge on any atom is 0.414 e. The summed E-state index contributed by atoms with van der Waals surface area (Å²) in [5, 5.41) is 82.4. The molecule has 0 saturated carbocycles. The number of hydrogen-bond acceptors (Lipinski definition) is 10. The molecule has 0 saturated heterocycles. The molecule has 18 heteroatoms. The van der Waals surface area contributed by atoms with Crippen molar-refractivity contribution in [1.82, 2.24) is 0 Å². The Hall–Kier alpha value is -4.32. The van der Waals surface area contributed by atoms with Crippen molar-refractivity contribution < 1.29 is 89.4 Å². The summed E-state index contributed by atoms with van der Waals surface area (Å²) in [5.74, 6) is -13.7. The van der Waals surface area contributed by atoms with Crippen LogP contribution in [-0.4, -0.2) is 110 Å². The summed E-state index contributed by atoms with van der Waals surface area (Å²) >= 11 is 0. The molecule has 0 amide bonds. The Kier molecular flexibility index (Phi) is 14.0. The quantitative estimate of drug-likeness (QED) is 0.138. The topological polar surface area (TPSA) is 339 Å². The Labute approximate surface area is 175 Å². The van der Waals surface area contributed by atoms with E-state index in [1.54, 1.807) is 0 Å². The van der Waals surface area contributed by atoms with E-state index in [1.165, 1.54) is 0 Å². The van der Waals surface area contributed by atoms with Crippen LogP contribution in [0.1, 0.15) is 25.7 Å². The normalized spacial score (nSPS) is 10.2. The van der Waals surface area contributed by atoms with E-state index in [4.69, 9.17) is 60.7 Å². The molecule has 0 aromatic heterocycles. The Morgan fingerprint density at radius 2 is 0.562 bits per heavy atom. The molecule has 0 spiro atoms. The van der Waals surface area contributed by atoms with Gasteiger partial charge in [-0.05, 0) is 0 Å². The van der Waals surface area contributed by atoms with Gasteiger partial charge in [-0.25, -0.2) is 19.2 Å². The molecule has 0 aliphatic carbocycles. The minimum absolute atomic E-state index is 1.14. The predicted molar refractivity (Wildman–Crippen MR) is 89.5 cm³/mol. The molecule has 0 atom stereocenters. The highest BCUT2D eigenvalue weighted by molar-refractivity contribution is 6.27. The highest BCUT2D eigenvalue weighted by atomic mass is 16.4. The number of aliphatic carboxylic acids is 8. The molecule has 0 aliphatic rings. The van der Waals surface area contributed by atoms with Crippen LogP contribution in [0, 0.1) is 0 Å². The van der Waals surface area contributed by atoms with Gasteiger partial charge < -0.3 is 51.1 Å². The van der Waals surface area contributed by atoms with E-state index in [2.05, 4.69) is 0 Å². The van der Waals surface area contributed by atoms with Crippen molar-refractivity contribution in [3.05, 3.63) is 0 Å². The van der Waals surface area contributed by atoms with Gasteiger partial charge in [-0.15, -0.1) is 0 Å². The Morgan fingerprint density at radius 1 is 0.406 bits per heavy atom. The van der Waals surface area contributed by atoms with E-state index >= 15 is 0 Å². The maximum absolute atomic E-state index is 10.3. The molecule has 0 rings (SSSR count). The molecule has 0 aliphatic heterocycles. The molecule has 18 nitrogen and oxygen atoms in total. The Balaban J connectivity index is -0.000000422. The third-order valence-corrected chi connectivity index (χ3v) is 2.75. The molecule has 0 heterocycles. The fourth-order valence-corrected chi connectivity index (χ4v) is 1.43. The lowest BCUT2D eigenvalue weighted by atomic mass is 9.96. The molecule has 0 aromatic carbocycles. The van der Waals surface area contributed by atoms with Crippen LogP contribution in [0.15, 0.2) is 0 Å². The first-order valence-electron chi connectivity index (χ1n) is 7.45. The van der Waals surface area contributed by atoms with E-state index in [1.807, 2.05) is 0 Å². The molecule has 0 unspecified atom stereocenters. The van der Waals surface area contributed by atoms with Gasteiger partial charge in [0.05, 0.1) is 25.7 Å². The van der Waals surface area contributed by atoms with Gasteiger partial charge in [0.25, 0.3) is 0 Å². The van der Waals surface area contributed by atoms with Crippen LogP contribution in [-0.2, 0) is 38.4 Å². The lowest BCUT2D eigenvalue weighted by molar-refractivity contribution is -0.170. The second kappa shape index (κ2) is 13.8. The number of carboxylic acids is 8. The molecule has 32 heavy (non-hydrogen) atoms. The second-order valence-electron chi connectivity index (χ2n) is 5.57. The van der Waals surface area contributed by atoms with Crippen molar-refractivity contribution >= 4 is 47.8 Å². The van der Waals surface area contributed by atoms with Crippen LogP contribution in [0.3, 0.4) is 0 Å². The molecular weight excluding hydrogens is 456 g/mol. The SMILES string of the molecule is O=C(O)C(=O)O.O=C(O)CC(O)(CC(=O)O)C(=O)O.O=C(O)CC(O)(CC(=O)O)C(=O)O. The third-order valence-electron chi connectivity index (χ3n) is 2.75. The van der Waals surface area contributed by atoms with Crippen LogP contribution < -0.4 is 0 Å². The van der Waals surface area contributed by atoms with Gasteiger partial charge in [0, 0.05) is 0 Å². The van der Waals surface area contributed by atoms with Crippen molar-refractivity contribution in [3.63, 3.8) is 0 Å². The van der Waals surface area contributed by atoms with Gasteiger partial charge in [-0.2, -0.15) is 0 Å². The molecule has 182 valence electrons. The van der Waals surface area contributed by atoms with Gasteiger partial charge in [-0.3, -0.25) is 19.2 Å². The van der Waals surface area contributed by atoms with Gasteiger partial charge in [0.15, 0.2) is 11.2 Å². The first-order valence-corrected chi connectivity index (χ1v) is 7.45. The Bertz CT molecular complexity index is 668. The van der Waals surface area contributed by atoms with E-state index in [0.29, 0.717) is 0 Å². The zero-order valence-corrected chi connectivity index (χ0v) is 15.6. The maximum atomic E-state index is 10.3. The average molecular weight is 474 g/mol. The zero-order valence-electron chi connectivity index (χ0n) is 15.6. The van der Waals surface area contributed by atoms with E-state index in [-0.39, 0.29) is 0 Å². The lowest BCUT2D eigenvalue weighted by Crippen LogP contribution is -2.42. The van der Waals surface area contributed by atoms with E-state index < -0.39 is 84.6 Å². The van der Waals surface area contributed by atoms with Crippen LogP contribution in [0.2, 0.25) is 0 Å². The fraction of sp³-hybridized carbons (Fsp3) is 0.429. The van der Waals surface area contributed by atoms with Crippen LogP contribution in [0.5, 0.6) is 0 Å². The third kappa shape index (κ3) is 15.6. The van der Waals surface area contributed by atoms with Crippen LogP contribution in [0.4, 0.5) is 0 Å². The highest BCUT2D eigenvalue weighted by Gasteiger charge is 2.41. The minimum atomic E-state index is -2.74. The van der Waals surface area contributed by atoms with Crippen molar-refractivity contribution in [2.24, 2.45) is 0 Å². The highest BCUT2D eigenvalue weighted by Crippen LogP contribution is 2.16. The summed E-state index contributed by atoms with van der Waals surface area (Å²) in [6.45, 7) is 0. The van der Waals surface area contributed by atoms with Crippen molar-refractivity contribution in [2.45, 2.75) is 36.9 Å². The molecule has 0 radical (unpaired) electrons. The van der Waals surface area contributed by atoms with Crippen molar-refractivity contribution in [3.8, 4) is 0 Å². The second-order valence-corrected chi connectivity index (χ2v) is 5.57. The number of rotatable bonds is 10. The first kappa shape index (κ1) is 32.3. The van der Waals surface area contributed by atoms with Crippen LogP contribution in [0.25, 0.3) is 0 Å². The average Bonchev–Trinajstić information content (AvgIpc) is 2.52. The summed E-state index contributed by atoms with van der Waals surface area (Å²) in [6, 6.07) is 0. The number of aliphatic hydroxyl groups is 2. The standard InChI is InChI=1S/2C6H8O7.C2H2O4/c2*7-3(8)1-6(13,5(11)12)2-4(9)10;3-1(4)2(5)6/h2*13H,1-2H2,(H,7,8)(H,9,10)(H,11,12);(H,3,4)(H,5,6). The summed E-state index contributed by atoms with van der Waals surface area (Å²) in [5.41, 5.74) is -5.48. The summed E-state index contributed by atoms with van der Waals surface area (Å²) in [7, 11) is 0. The van der Waals surface area contributed by atoms with E-state index in [9.17, 15) is 28.8 Å². The van der Waals surface area contributed by atoms with Crippen LogP contribution >= 0.6 is 0 Å². The zero-order chi connectivity index (χ0) is 26.4. The monoisotopic (exact) mass is 474 g/mol. The summed E-state index contributed by atoms with van der Waals surface area (Å²) in [4.78, 5) is 79.2. The predicted octanol–water partition coefficient (Wildman–Crippen LogP) is -3.34. The van der Waals surface area contributed by atoms with Gasteiger partial charge in [-0.1, -0.05) is 0 Å². The van der Waals surface area contributed by atoms with E-state index in [0.717, 1.165) is 0 Å². The Morgan fingerprint density at radius 3 is 0.625 bits per heavy atom.